The zero-order valence-electron chi connectivity index (χ0n) is 12.3. The summed E-state index contributed by atoms with van der Waals surface area (Å²) < 4.78 is 0. The number of anilines is 2. The second-order valence-corrected chi connectivity index (χ2v) is 6.33. The van der Waals surface area contributed by atoms with Crippen LogP contribution >= 0.6 is 11.6 Å². The maximum absolute atomic E-state index is 12.6. The Balaban J connectivity index is 1.81. The van der Waals surface area contributed by atoms with Gasteiger partial charge in [0, 0.05) is 19.6 Å². The van der Waals surface area contributed by atoms with Crippen LogP contribution in [0, 0.1) is 0 Å². The zero-order chi connectivity index (χ0) is 15.7. The van der Waals surface area contributed by atoms with E-state index in [0.29, 0.717) is 25.2 Å². The van der Waals surface area contributed by atoms with Gasteiger partial charge in [-0.1, -0.05) is 11.6 Å². The van der Waals surface area contributed by atoms with Gasteiger partial charge in [-0.25, -0.2) is 9.97 Å². The summed E-state index contributed by atoms with van der Waals surface area (Å²) in [6.07, 6.45) is 4.49. The molecule has 3 N–H and O–H groups in total. The number of amides is 1. The summed E-state index contributed by atoms with van der Waals surface area (Å²) in [6.45, 7) is 2.30. The fourth-order valence-corrected chi connectivity index (χ4v) is 3.42. The monoisotopic (exact) mass is 325 g/mol. The predicted molar refractivity (Wildman–Crippen MR) is 83.7 cm³/mol. The highest BCUT2D eigenvalue weighted by atomic mass is 35.5. The van der Waals surface area contributed by atoms with E-state index in [9.17, 15) is 9.90 Å². The molecular formula is C14H20ClN5O2. The molecule has 2 fully saturated rings. The number of likely N-dealkylation sites (tertiary alicyclic amines) is 1. The molecular weight excluding hydrogens is 306 g/mol. The molecule has 22 heavy (non-hydrogen) atoms. The number of nitrogens with two attached hydrogens (primary N) is 1. The van der Waals surface area contributed by atoms with Crippen LogP contribution in [0.4, 0.5) is 11.6 Å². The summed E-state index contributed by atoms with van der Waals surface area (Å²) in [5.41, 5.74) is 4.32. The molecule has 120 valence electrons. The second kappa shape index (κ2) is 5.89. The quantitative estimate of drug-likeness (QED) is 0.829. The lowest BCUT2D eigenvalue weighted by molar-refractivity contribution is -0.151. The van der Waals surface area contributed by atoms with Gasteiger partial charge in [0.05, 0.1) is 6.54 Å². The standard InChI is InChI=1S/C14H20ClN5O2/c15-10-11(16)17-9-18-12(10)20-7-3-4-14(22,8-20)13(21)19-5-1-2-6-19/h9,22H,1-8H2,(H2,16,17,18)/t14-/m1/s1. The van der Waals surface area contributed by atoms with E-state index in [1.807, 2.05) is 4.90 Å². The fraction of sp³-hybridized carbons (Fsp3) is 0.643. The number of aliphatic hydroxyl groups is 1. The highest BCUT2D eigenvalue weighted by Gasteiger charge is 2.44. The van der Waals surface area contributed by atoms with Gasteiger partial charge in [0.25, 0.3) is 5.91 Å². The molecule has 3 rings (SSSR count). The van der Waals surface area contributed by atoms with Gasteiger partial charge >= 0.3 is 0 Å². The van der Waals surface area contributed by atoms with Gasteiger partial charge in [-0.2, -0.15) is 0 Å². The lowest BCUT2D eigenvalue weighted by atomic mass is 9.91. The molecule has 1 aromatic heterocycles. The Morgan fingerprint density at radius 3 is 2.73 bits per heavy atom. The Hall–Kier alpha value is -1.60. The molecule has 1 aromatic rings. The maximum Gasteiger partial charge on any atom is 0.256 e. The molecule has 0 aliphatic carbocycles. The molecule has 1 amide bonds. The molecule has 0 radical (unpaired) electrons. The number of nitrogens with zero attached hydrogens (tertiary/aromatic N) is 4. The zero-order valence-corrected chi connectivity index (χ0v) is 13.1. The molecule has 2 saturated heterocycles. The molecule has 0 spiro atoms. The largest absolute Gasteiger partial charge is 0.382 e. The Morgan fingerprint density at radius 1 is 1.27 bits per heavy atom. The number of halogens is 1. The first-order valence-electron chi connectivity index (χ1n) is 7.54. The highest BCUT2D eigenvalue weighted by molar-refractivity contribution is 6.35. The van der Waals surface area contributed by atoms with Crippen LogP contribution in [-0.2, 0) is 4.79 Å². The smallest absolute Gasteiger partial charge is 0.256 e. The third kappa shape index (κ3) is 2.70. The number of nitrogen functional groups attached to an aromatic ring is 1. The maximum atomic E-state index is 12.6. The Labute approximate surface area is 134 Å². The number of rotatable bonds is 2. The molecule has 0 saturated carbocycles. The van der Waals surface area contributed by atoms with Gasteiger partial charge in [0.1, 0.15) is 17.2 Å². The normalized spacial score (nSPS) is 25.5. The first kappa shape index (κ1) is 15.3. The van der Waals surface area contributed by atoms with Crippen molar-refractivity contribution in [2.45, 2.75) is 31.3 Å². The van der Waals surface area contributed by atoms with Gasteiger partial charge in [-0.05, 0) is 25.7 Å². The number of hydrogen-bond acceptors (Lipinski definition) is 6. The summed E-state index contributed by atoms with van der Waals surface area (Å²) >= 11 is 6.16. The lowest BCUT2D eigenvalue weighted by Crippen LogP contribution is -2.58. The van der Waals surface area contributed by atoms with Crippen LogP contribution in [0.25, 0.3) is 0 Å². The van der Waals surface area contributed by atoms with E-state index < -0.39 is 5.60 Å². The topological polar surface area (TPSA) is 95.6 Å². The number of carbonyl (C=O) groups is 1. The van der Waals surface area contributed by atoms with E-state index in [-0.39, 0.29) is 23.3 Å². The third-order valence-corrected chi connectivity index (χ3v) is 4.72. The predicted octanol–water partition coefficient (Wildman–Crippen LogP) is 0.666. The number of carbonyl (C=O) groups excluding carboxylic acids is 1. The summed E-state index contributed by atoms with van der Waals surface area (Å²) in [5.74, 6) is 0.487. The van der Waals surface area contributed by atoms with Crippen molar-refractivity contribution < 1.29 is 9.90 Å². The van der Waals surface area contributed by atoms with Crippen LogP contribution in [0.5, 0.6) is 0 Å². The molecule has 0 unspecified atom stereocenters. The molecule has 2 aliphatic heterocycles. The number of piperidine rings is 1. The van der Waals surface area contributed by atoms with Crippen LogP contribution in [0.2, 0.25) is 5.02 Å². The Kier molecular flexibility index (Phi) is 4.10. The van der Waals surface area contributed by atoms with Gasteiger partial charge < -0.3 is 20.6 Å². The van der Waals surface area contributed by atoms with Crippen LogP contribution < -0.4 is 10.6 Å². The van der Waals surface area contributed by atoms with E-state index in [1.165, 1.54) is 6.33 Å². The molecule has 7 nitrogen and oxygen atoms in total. The van der Waals surface area contributed by atoms with E-state index in [4.69, 9.17) is 17.3 Å². The fourth-order valence-electron chi connectivity index (χ4n) is 3.20. The van der Waals surface area contributed by atoms with Crippen molar-refractivity contribution in [3.8, 4) is 0 Å². The van der Waals surface area contributed by atoms with Crippen LogP contribution in [-0.4, -0.2) is 57.7 Å². The van der Waals surface area contributed by atoms with Crippen LogP contribution in [0.3, 0.4) is 0 Å². The van der Waals surface area contributed by atoms with Crippen molar-refractivity contribution in [1.29, 1.82) is 0 Å². The van der Waals surface area contributed by atoms with Gasteiger partial charge in [0.15, 0.2) is 11.4 Å². The number of β-amino-alcohol motifs (C(OH)–C–C–N with tert-alkyl or cyclic N) is 1. The van der Waals surface area contributed by atoms with Crippen molar-refractivity contribution >= 4 is 29.1 Å². The van der Waals surface area contributed by atoms with Crippen molar-refractivity contribution in [2.24, 2.45) is 0 Å². The summed E-state index contributed by atoms with van der Waals surface area (Å²) in [5, 5.41) is 11.1. The van der Waals surface area contributed by atoms with Crippen molar-refractivity contribution in [3.63, 3.8) is 0 Å². The summed E-state index contributed by atoms with van der Waals surface area (Å²) in [7, 11) is 0. The van der Waals surface area contributed by atoms with Gasteiger partial charge in [-0.15, -0.1) is 0 Å². The van der Waals surface area contributed by atoms with Gasteiger partial charge in [-0.3, -0.25) is 4.79 Å². The van der Waals surface area contributed by atoms with Crippen molar-refractivity contribution in [1.82, 2.24) is 14.9 Å². The average molecular weight is 326 g/mol. The minimum Gasteiger partial charge on any atom is -0.382 e. The summed E-state index contributed by atoms with van der Waals surface area (Å²) in [6, 6.07) is 0. The highest BCUT2D eigenvalue weighted by Crippen LogP contribution is 2.32. The third-order valence-electron chi connectivity index (χ3n) is 4.36. The first-order valence-corrected chi connectivity index (χ1v) is 7.92. The molecule has 0 bridgehead atoms. The van der Waals surface area contributed by atoms with Crippen molar-refractivity contribution in [3.05, 3.63) is 11.3 Å². The lowest BCUT2D eigenvalue weighted by Gasteiger charge is -2.40. The first-order chi connectivity index (χ1) is 10.5. The second-order valence-electron chi connectivity index (χ2n) is 5.95. The van der Waals surface area contributed by atoms with Crippen LogP contribution in [0.1, 0.15) is 25.7 Å². The number of aromatic nitrogens is 2. The Bertz CT molecular complexity index is 578. The van der Waals surface area contributed by atoms with E-state index >= 15 is 0 Å². The average Bonchev–Trinajstić information content (AvgIpc) is 3.03. The molecule has 1 atom stereocenters. The summed E-state index contributed by atoms with van der Waals surface area (Å²) in [4.78, 5) is 24.2. The number of hydrogen-bond donors (Lipinski definition) is 2. The Morgan fingerprint density at radius 2 is 2.00 bits per heavy atom. The van der Waals surface area contributed by atoms with Gasteiger partial charge in [0.2, 0.25) is 0 Å². The van der Waals surface area contributed by atoms with E-state index in [0.717, 1.165) is 25.9 Å². The van der Waals surface area contributed by atoms with E-state index in [1.54, 1.807) is 4.90 Å². The minimum absolute atomic E-state index is 0.179. The molecule has 8 heteroatoms. The molecule has 3 heterocycles. The molecule has 0 aromatic carbocycles. The van der Waals surface area contributed by atoms with E-state index in [2.05, 4.69) is 9.97 Å². The van der Waals surface area contributed by atoms with Crippen molar-refractivity contribution in [2.75, 3.05) is 36.8 Å². The molecule has 2 aliphatic rings. The van der Waals surface area contributed by atoms with Crippen LogP contribution in [0.15, 0.2) is 6.33 Å². The minimum atomic E-state index is -1.38. The SMILES string of the molecule is Nc1ncnc(N2CCC[C@](O)(C(=O)N3CCCC3)C2)c1Cl.